The summed E-state index contributed by atoms with van der Waals surface area (Å²) in [5, 5.41) is 5.42. The van der Waals surface area contributed by atoms with Crippen molar-refractivity contribution in [2.45, 2.75) is 59.2 Å². The Morgan fingerprint density at radius 1 is 1.00 bits per heavy atom. The molecule has 33 heavy (non-hydrogen) atoms. The summed E-state index contributed by atoms with van der Waals surface area (Å²) in [4.78, 5) is 35.9. The van der Waals surface area contributed by atoms with E-state index in [1.54, 1.807) is 27.0 Å². The molecule has 0 saturated carbocycles. The molecular formula is C26H38N2O5. The summed E-state index contributed by atoms with van der Waals surface area (Å²) in [5.74, 6) is -1.57. The van der Waals surface area contributed by atoms with E-state index in [1.807, 2.05) is 31.2 Å². The molecule has 0 radical (unpaired) electrons. The first-order valence-corrected chi connectivity index (χ1v) is 11.2. The zero-order chi connectivity index (χ0) is 25.0. The number of hydrogen-bond acceptors (Lipinski definition) is 5. The van der Waals surface area contributed by atoms with Crippen molar-refractivity contribution in [1.82, 2.24) is 10.6 Å². The molecule has 7 nitrogen and oxygen atoms in total. The van der Waals surface area contributed by atoms with E-state index in [0.717, 1.165) is 12.0 Å². The van der Waals surface area contributed by atoms with E-state index < -0.39 is 24.0 Å². The molecule has 1 unspecified atom stereocenters. The molecular weight excluding hydrogens is 420 g/mol. The van der Waals surface area contributed by atoms with Gasteiger partial charge >= 0.3 is 5.97 Å². The van der Waals surface area contributed by atoms with E-state index >= 15 is 0 Å². The van der Waals surface area contributed by atoms with Gasteiger partial charge in [-0.1, -0.05) is 68.0 Å². The molecule has 0 bridgehead atoms. The maximum Gasteiger partial charge on any atom is 0.328 e. The van der Waals surface area contributed by atoms with Gasteiger partial charge in [-0.05, 0) is 25.8 Å². The van der Waals surface area contributed by atoms with Gasteiger partial charge in [-0.2, -0.15) is 0 Å². The molecule has 0 heterocycles. The zero-order valence-electron chi connectivity index (χ0n) is 20.8. The van der Waals surface area contributed by atoms with Crippen LogP contribution in [0.1, 0.15) is 40.2 Å². The fraction of sp³-hybridized carbons (Fsp3) is 0.500. The van der Waals surface area contributed by atoms with Crippen LogP contribution in [0.4, 0.5) is 0 Å². The second-order valence-corrected chi connectivity index (χ2v) is 8.36. The summed E-state index contributed by atoms with van der Waals surface area (Å²) in [7, 11) is 2.98. The van der Waals surface area contributed by atoms with Gasteiger partial charge < -0.3 is 20.1 Å². The van der Waals surface area contributed by atoms with Crippen LogP contribution in [-0.4, -0.2) is 50.2 Å². The third-order valence-electron chi connectivity index (χ3n) is 5.50. The van der Waals surface area contributed by atoms with E-state index in [2.05, 4.69) is 40.5 Å². The van der Waals surface area contributed by atoms with Gasteiger partial charge in [0.05, 0.1) is 25.2 Å². The molecule has 1 rings (SSSR count). The van der Waals surface area contributed by atoms with Crippen LogP contribution >= 0.6 is 0 Å². The Balaban J connectivity index is 2.89. The van der Waals surface area contributed by atoms with Crippen molar-refractivity contribution in [3.05, 3.63) is 59.7 Å². The van der Waals surface area contributed by atoms with Crippen LogP contribution in [0.2, 0.25) is 0 Å². The van der Waals surface area contributed by atoms with Gasteiger partial charge in [0.15, 0.2) is 0 Å². The number of ether oxygens (including phenoxy) is 2. The van der Waals surface area contributed by atoms with Gasteiger partial charge in [-0.3, -0.25) is 9.59 Å². The highest BCUT2D eigenvalue weighted by Crippen LogP contribution is 2.17. The summed E-state index contributed by atoms with van der Waals surface area (Å²) in [5.41, 5.74) is 2.20. The molecule has 2 amide bonds. The van der Waals surface area contributed by atoms with Crippen LogP contribution in [0.15, 0.2) is 54.1 Å². The number of allylic oxidation sites excluding steroid dienone is 2. The third-order valence-corrected chi connectivity index (χ3v) is 5.50. The van der Waals surface area contributed by atoms with Crippen LogP contribution in [-0.2, 0) is 30.3 Å². The molecule has 182 valence electrons. The molecule has 7 heteroatoms. The first-order valence-electron chi connectivity index (χ1n) is 11.2. The quantitative estimate of drug-likeness (QED) is 0.371. The van der Waals surface area contributed by atoms with E-state index in [9.17, 15) is 14.4 Å². The Morgan fingerprint density at radius 3 is 2.18 bits per heavy atom. The van der Waals surface area contributed by atoms with Crippen molar-refractivity contribution in [3.8, 4) is 0 Å². The molecule has 0 spiro atoms. The molecule has 1 aromatic rings. The van der Waals surface area contributed by atoms with E-state index in [1.165, 1.54) is 19.6 Å². The zero-order valence-corrected chi connectivity index (χ0v) is 20.8. The molecule has 0 aromatic heterocycles. The number of methoxy groups -OCH3 is 2. The molecule has 0 aliphatic heterocycles. The second kappa shape index (κ2) is 14.3. The van der Waals surface area contributed by atoms with E-state index in [-0.39, 0.29) is 23.8 Å². The number of carbonyl (C=O) groups excluding carboxylic acids is 3. The summed E-state index contributed by atoms with van der Waals surface area (Å²) in [6.07, 6.45) is 6.62. The molecule has 5 atom stereocenters. The highest BCUT2D eigenvalue weighted by atomic mass is 16.5. The van der Waals surface area contributed by atoms with Crippen LogP contribution in [0, 0.1) is 11.8 Å². The van der Waals surface area contributed by atoms with Crippen LogP contribution in [0.5, 0.6) is 0 Å². The van der Waals surface area contributed by atoms with Gasteiger partial charge in [-0.25, -0.2) is 4.79 Å². The lowest BCUT2D eigenvalue weighted by Crippen LogP contribution is -2.48. The highest BCUT2D eigenvalue weighted by Gasteiger charge is 2.26. The SMILES string of the molecule is COC(=O)[C@H](C)NC(=O)[C@@H](C)C(/C=C/C(C)=C/[C@H](C)[C@H](Cc1ccccc1)OC)NC(C)=O. The number of benzene rings is 1. The lowest BCUT2D eigenvalue weighted by Gasteiger charge is -2.23. The fourth-order valence-corrected chi connectivity index (χ4v) is 3.48. The van der Waals surface area contributed by atoms with Crippen molar-refractivity contribution < 1.29 is 23.9 Å². The summed E-state index contributed by atoms with van der Waals surface area (Å²) >= 11 is 0. The van der Waals surface area contributed by atoms with Crippen molar-refractivity contribution in [2.24, 2.45) is 11.8 Å². The highest BCUT2D eigenvalue weighted by molar-refractivity contribution is 5.86. The number of nitrogens with one attached hydrogen (secondary N) is 2. The van der Waals surface area contributed by atoms with Gasteiger partial charge in [0.1, 0.15) is 6.04 Å². The van der Waals surface area contributed by atoms with E-state index in [0.29, 0.717) is 0 Å². The molecule has 0 aliphatic carbocycles. The van der Waals surface area contributed by atoms with Crippen molar-refractivity contribution in [2.75, 3.05) is 14.2 Å². The van der Waals surface area contributed by atoms with Gasteiger partial charge in [0.25, 0.3) is 0 Å². The van der Waals surface area contributed by atoms with Crippen LogP contribution in [0.3, 0.4) is 0 Å². The Hall–Kier alpha value is -2.93. The largest absolute Gasteiger partial charge is 0.467 e. The van der Waals surface area contributed by atoms with Gasteiger partial charge in [-0.15, -0.1) is 0 Å². The van der Waals surface area contributed by atoms with Crippen molar-refractivity contribution >= 4 is 17.8 Å². The van der Waals surface area contributed by atoms with E-state index in [4.69, 9.17) is 4.74 Å². The van der Waals surface area contributed by atoms with Crippen LogP contribution < -0.4 is 10.6 Å². The Bertz CT molecular complexity index is 834. The number of esters is 1. The minimum Gasteiger partial charge on any atom is -0.467 e. The second-order valence-electron chi connectivity index (χ2n) is 8.36. The molecule has 2 N–H and O–H groups in total. The Labute approximate surface area is 197 Å². The smallest absolute Gasteiger partial charge is 0.328 e. The Morgan fingerprint density at radius 2 is 1.64 bits per heavy atom. The average Bonchev–Trinajstić information content (AvgIpc) is 2.79. The van der Waals surface area contributed by atoms with Crippen LogP contribution in [0.25, 0.3) is 0 Å². The number of rotatable bonds is 12. The lowest BCUT2D eigenvalue weighted by atomic mass is 9.94. The average molecular weight is 459 g/mol. The maximum absolute atomic E-state index is 12.6. The van der Waals surface area contributed by atoms with Gasteiger partial charge in [0.2, 0.25) is 11.8 Å². The lowest BCUT2D eigenvalue weighted by molar-refractivity contribution is -0.145. The van der Waals surface area contributed by atoms with Gasteiger partial charge in [0, 0.05) is 20.0 Å². The number of carbonyl (C=O) groups is 3. The number of hydrogen-bond donors (Lipinski definition) is 2. The van der Waals surface area contributed by atoms with Crippen molar-refractivity contribution in [3.63, 3.8) is 0 Å². The predicted octanol–water partition coefficient (Wildman–Crippen LogP) is 3.20. The molecule has 1 aromatic carbocycles. The first-order chi connectivity index (χ1) is 15.6. The minimum absolute atomic E-state index is 0.0198. The Kier molecular flexibility index (Phi) is 12.1. The predicted molar refractivity (Wildman–Crippen MR) is 129 cm³/mol. The molecule has 0 saturated heterocycles. The first kappa shape index (κ1) is 28.1. The molecule has 0 aliphatic rings. The monoisotopic (exact) mass is 458 g/mol. The number of amides is 2. The molecule has 0 fully saturated rings. The summed E-state index contributed by atoms with van der Waals surface area (Å²) in [6.45, 7) is 8.73. The standard InChI is InChI=1S/C26H38N2O5/c1-17(15-18(2)24(32-6)16-22-11-9-8-10-12-22)13-14-23(28-21(5)29)19(3)25(30)27-20(4)26(31)33-7/h8-15,18-20,23-24H,16H2,1-7H3,(H,27,30)(H,28,29)/b14-13+,17-15+/t18-,19-,20-,23?,24-/m0/s1. The normalized spacial score (nSPS) is 16.4. The maximum atomic E-state index is 12.6. The minimum atomic E-state index is -0.773. The summed E-state index contributed by atoms with van der Waals surface area (Å²) < 4.78 is 10.4. The van der Waals surface area contributed by atoms with Crippen molar-refractivity contribution in [1.29, 1.82) is 0 Å². The topological polar surface area (TPSA) is 93.7 Å². The third kappa shape index (κ3) is 10.0. The fourth-order valence-electron chi connectivity index (χ4n) is 3.48. The summed E-state index contributed by atoms with van der Waals surface area (Å²) in [6, 6.07) is 8.89.